The van der Waals surface area contributed by atoms with Gasteiger partial charge in [-0.1, -0.05) is 274 Å². The minimum absolute atomic E-state index is 0.144. The van der Waals surface area contributed by atoms with E-state index in [1.165, 1.54) is 205 Å². The van der Waals surface area contributed by atoms with E-state index in [9.17, 15) is 19.5 Å². The number of carboxylic acids is 1. The van der Waals surface area contributed by atoms with Crippen molar-refractivity contribution < 1.29 is 42.9 Å². The molecule has 77 heavy (non-hydrogen) atoms. The maximum absolute atomic E-state index is 12.8. The summed E-state index contributed by atoms with van der Waals surface area (Å²) in [7, 11) is 5.92. The number of carbonyl (C=O) groups is 3. The number of esters is 2. The molecule has 450 valence electrons. The van der Waals surface area contributed by atoms with Crippen molar-refractivity contribution in [2.45, 2.75) is 322 Å². The second-order valence-corrected chi connectivity index (χ2v) is 23.4. The van der Waals surface area contributed by atoms with Crippen molar-refractivity contribution >= 4 is 17.9 Å². The molecule has 0 aromatic rings. The van der Waals surface area contributed by atoms with E-state index in [0.717, 1.165) is 70.6 Å². The quantitative estimate of drug-likeness (QED) is 0.0195. The van der Waals surface area contributed by atoms with E-state index < -0.39 is 24.3 Å². The SMILES string of the molecule is CC/C=C\C/C=C\C/C=C\CCCCCCCC(=O)OC(COC(=O)CCCCCCCCCCCCCCCCCCCCCCCCCCC/C=C\CCCCCCCCCC)COC(OCC[N+](C)(C)C)C(=O)[O-]. The summed E-state index contributed by atoms with van der Waals surface area (Å²) in [5.41, 5.74) is 0. The molecule has 9 heteroatoms. The van der Waals surface area contributed by atoms with Gasteiger partial charge in [-0.15, -0.1) is 0 Å². The third-order valence-corrected chi connectivity index (χ3v) is 14.6. The van der Waals surface area contributed by atoms with Crippen molar-refractivity contribution in [3.63, 3.8) is 0 Å². The van der Waals surface area contributed by atoms with Gasteiger partial charge in [-0.25, -0.2) is 0 Å². The van der Waals surface area contributed by atoms with Crippen molar-refractivity contribution in [1.29, 1.82) is 0 Å². The predicted octanol–water partition coefficient (Wildman–Crippen LogP) is 18.5. The summed E-state index contributed by atoms with van der Waals surface area (Å²) in [6, 6.07) is 0. The minimum atomic E-state index is -1.63. The van der Waals surface area contributed by atoms with Gasteiger partial charge < -0.3 is 33.3 Å². The molecule has 0 aromatic carbocycles. The highest BCUT2D eigenvalue weighted by Gasteiger charge is 2.22. The van der Waals surface area contributed by atoms with Crippen LogP contribution in [0, 0.1) is 0 Å². The summed E-state index contributed by atoms with van der Waals surface area (Å²) < 4.78 is 22.7. The van der Waals surface area contributed by atoms with Crippen molar-refractivity contribution in [2.24, 2.45) is 0 Å². The molecule has 0 rings (SSSR count). The first-order chi connectivity index (χ1) is 37.6. The van der Waals surface area contributed by atoms with Crippen LogP contribution in [0.25, 0.3) is 0 Å². The van der Waals surface area contributed by atoms with E-state index in [4.69, 9.17) is 18.9 Å². The summed E-state index contributed by atoms with van der Waals surface area (Å²) in [6.45, 7) is 4.65. The molecule has 9 nitrogen and oxygen atoms in total. The monoisotopic (exact) mass is 1080 g/mol. The van der Waals surface area contributed by atoms with Gasteiger partial charge in [-0.3, -0.25) is 9.59 Å². The third kappa shape index (κ3) is 60.7. The number of rotatable bonds is 61. The van der Waals surface area contributed by atoms with Gasteiger partial charge in [-0.2, -0.15) is 0 Å². The highest BCUT2D eigenvalue weighted by molar-refractivity contribution is 5.70. The average Bonchev–Trinajstić information content (AvgIpc) is 3.40. The maximum atomic E-state index is 12.8. The lowest BCUT2D eigenvalue weighted by molar-refractivity contribution is -0.870. The molecular weight excluding hydrogens is 959 g/mol. The van der Waals surface area contributed by atoms with E-state index in [0.29, 0.717) is 23.9 Å². The van der Waals surface area contributed by atoms with Gasteiger partial charge in [0.2, 0.25) is 0 Å². The number of aliphatic carboxylic acids is 1. The van der Waals surface area contributed by atoms with Crippen LogP contribution in [0.4, 0.5) is 0 Å². The van der Waals surface area contributed by atoms with Gasteiger partial charge >= 0.3 is 11.9 Å². The number of nitrogens with zero attached hydrogens (tertiary/aromatic N) is 1. The maximum Gasteiger partial charge on any atom is 0.306 e. The Morgan fingerprint density at radius 1 is 0.403 bits per heavy atom. The van der Waals surface area contributed by atoms with Gasteiger partial charge in [0.25, 0.3) is 0 Å². The van der Waals surface area contributed by atoms with Gasteiger partial charge in [-0.05, 0) is 70.6 Å². The second kappa shape index (κ2) is 59.4. The standard InChI is InChI=1S/C68H125NO8/c1-6-8-10-12-14-16-18-20-22-23-24-25-26-27-28-29-30-31-32-33-34-35-36-37-38-39-40-41-42-43-45-46-48-50-52-54-56-58-65(70)75-62-64(63-76-68(67(72)73)74-61-60-69(3,4)5)77-66(71)59-57-55-53-51-49-47-44-21-19-17-15-13-11-9-7-2/h9,11,15,17,21,23-24,44,64,68H,6-8,10,12-14,16,18-20,22,25-43,45-63H2,1-5H3/b11-9-,17-15-,24-23-,44-21-. The molecule has 0 spiro atoms. The molecule has 0 saturated heterocycles. The summed E-state index contributed by atoms with van der Waals surface area (Å²) in [5, 5.41) is 11.8. The Kier molecular flexibility index (Phi) is 57.3. The summed E-state index contributed by atoms with van der Waals surface area (Å²) in [6.07, 6.45) is 72.1. The van der Waals surface area contributed by atoms with E-state index in [2.05, 4.69) is 62.5 Å². The van der Waals surface area contributed by atoms with Crippen LogP contribution in [-0.4, -0.2) is 82.3 Å². The van der Waals surface area contributed by atoms with Crippen LogP contribution in [0.5, 0.6) is 0 Å². The number of likely N-dealkylation sites (N-methyl/N-ethyl adjacent to an activating group) is 1. The predicted molar refractivity (Wildman–Crippen MR) is 325 cm³/mol. The van der Waals surface area contributed by atoms with E-state index in [-0.39, 0.29) is 32.2 Å². The van der Waals surface area contributed by atoms with Gasteiger partial charge in [0.1, 0.15) is 13.2 Å². The molecule has 0 saturated carbocycles. The van der Waals surface area contributed by atoms with Crippen LogP contribution in [-0.2, 0) is 33.3 Å². The van der Waals surface area contributed by atoms with Gasteiger partial charge in [0, 0.05) is 12.8 Å². The Bertz CT molecular complexity index is 1400. The Morgan fingerprint density at radius 3 is 1.12 bits per heavy atom. The summed E-state index contributed by atoms with van der Waals surface area (Å²) in [5.74, 6) is -2.29. The summed E-state index contributed by atoms with van der Waals surface area (Å²) >= 11 is 0. The van der Waals surface area contributed by atoms with Crippen LogP contribution in [0.3, 0.4) is 0 Å². The number of unbranched alkanes of at least 4 members (excludes halogenated alkanes) is 38. The van der Waals surface area contributed by atoms with Crippen LogP contribution in [0.15, 0.2) is 48.6 Å². The number of hydrogen-bond donors (Lipinski definition) is 0. The molecule has 0 aliphatic carbocycles. The molecule has 0 bridgehead atoms. The molecule has 2 atom stereocenters. The first kappa shape index (κ1) is 74.2. The average molecular weight is 1080 g/mol. The largest absolute Gasteiger partial charge is 0.545 e. The molecule has 0 aliphatic heterocycles. The van der Waals surface area contributed by atoms with Crippen LogP contribution >= 0.6 is 0 Å². The number of ether oxygens (including phenoxy) is 4. The van der Waals surface area contributed by atoms with Crippen molar-refractivity contribution in [3.05, 3.63) is 48.6 Å². The fraction of sp³-hybridized carbons (Fsp3) is 0.838. The topological polar surface area (TPSA) is 111 Å². The summed E-state index contributed by atoms with van der Waals surface area (Å²) in [4.78, 5) is 37.3. The molecule has 0 aliphatic rings. The Hall–Kier alpha value is -2.75. The lowest BCUT2D eigenvalue weighted by Crippen LogP contribution is -2.44. The fourth-order valence-corrected chi connectivity index (χ4v) is 9.55. The molecule has 0 heterocycles. The zero-order chi connectivity index (χ0) is 56.2. The van der Waals surface area contributed by atoms with Crippen LogP contribution in [0.1, 0.15) is 309 Å². The fourth-order valence-electron chi connectivity index (χ4n) is 9.55. The van der Waals surface area contributed by atoms with Crippen LogP contribution < -0.4 is 5.11 Å². The number of quaternary nitrogens is 1. The highest BCUT2D eigenvalue weighted by Crippen LogP contribution is 2.18. The first-order valence-electron chi connectivity index (χ1n) is 32.8. The highest BCUT2D eigenvalue weighted by atomic mass is 16.7. The Labute approximate surface area is 476 Å². The molecule has 2 unspecified atom stereocenters. The number of hydrogen-bond acceptors (Lipinski definition) is 8. The molecule has 0 amide bonds. The normalized spacial score (nSPS) is 13.0. The lowest BCUT2D eigenvalue weighted by Gasteiger charge is -2.26. The third-order valence-electron chi connectivity index (χ3n) is 14.6. The lowest BCUT2D eigenvalue weighted by atomic mass is 10.0. The van der Waals surface area contributed by atoms with Crippen molar-refractivity contribution in [2.75, 3.05) is 47.5 Å². The second-order valence-electron chi connectivity index (χ2n) is 23.4. The van der Waals surface area contributed by atoms with E-state index in [1.54, 1.807) is 0 Å². The Morgan fingerprint density at radius 2 is 0.740 bits per heavy atom. The molecule has 0 N–H and O–H groups in total. The molecule has 0 radical (unpaired) electrons. The number of allylic oxidation sites excluding steroid dienone is 8. The zero-order valence-corrected chi connectivity index (χ0v) is 51.3. The van der Waals surface area contributed by atoms with Gasteiger partial charge in [0.15, 0.2) is 12.4 Å². The Balaban J connectivity index is 3.95. The zero-order valence-electron chi connectivity index (χ0n) is 51.3. The smallest absolute Gasteiger partial charge is 0.306 e. The minimum Gasteiger partial charge on any atom is -0.545 e. The van der Waals surface area contributed by atoms with Crippen molar-refractivity contribution in [3.8, 4) is 0 Å². The van der Waals surface area contributed by atoms with Gasteiger partial charge in [0.05, 0.1) is 40.3 Å². The van der Waals surface area contributed by atoms with E-state index in [1.807, 2.05) is 21.1 Å². The van der Waals surface area contributed by atoms with Crippen molar-refractivity contribution in [1.82, 2.24) is 0 Å². The van der Waals surface area contributed by atoms with E-state index >= 15 is 0 Å². The number of carboxylic acid groups (broad SMARTS) is 1. The molecular formula is C68H125NO8. The van der Waals surface area contributed by atoms with Crippen LogP contribution in [0.2, 0.25) is 0 Å². The first-order valence-corrected chi connectivity index (χ1v) is 32.8. The number of carbonyl (C=O) groups excluding carboxylic acids is 3. The molecule has 0 aromatic heterocycles. The molecule has 0 fully saturated rings.